The summed E-state index contributed by atoms with van der Waals surface area (Å²) in [7, 11) is -1.74. The van der Waals surface area contributed by atoms with Gasteiger partial charge in [0.25, 0.3) is 0 Å². The van der Waals surface area contributed by atoms with Gasteiger partial charge in [-0.15, -0.1) is 0 Å². The first kappa shape index (κ1) is 13.1. The van der Waals surface area contributed by atoms with Crippen LogP contribution in [0, 0.1) is 17.7 Å². The third-order valence-corrected chi connectivity index (χ3v) is 4.55. The molecule has 2 aliphatic rings. The minimum absolute atomic E-state index is 0.0307. The number of fused-ring (bicyclic) bond motifs is 1. The zero-order valence-corrected chi connectivity index (χ0v) is 10.9. The molecule has 3 rings (SSSR count). The fourth-order valence-electron chi connectivity index (χ4n) is 3.61. The van der Waals surface area contributed by atoms with Gasteiger partial charge in [-0.2, -0.15) is 0 Å². The molecular formula is C14H19BFNO2. The minimum Gasteiger partial charge on any atom is -0.423 e. The van der Waals surface area contributed by atoms with Gasteiger partial charge >= 0.3 is 7.12 Å². The number of rotatable bonds is 3. The van der Waals surface area contributed by atoms with E-state index in [0.717, 1.165) is 37.0 Å². The Morgan fingerprint density at radius 1 is 1.21 bits per heavy atom. The van der Waals surface area contributed by atoms with E-state index < -0.39 is 12.9 Å². The Hall–Kier alpha value is -0.905. The van der Waals surface area contributed by atoms with Crippen molar-refractivity contribution in [3.63, 3.8) is 0 Å². The predicted octanol–water partition coefficient (Wildman–Crippen LogP) is 0.737. The zero-order valence-electron chi connectivity index (χ0n) is 10.9. The lowest BCUT2D eigenvalue weighted by atomic mass is 9.79. The first-order valence-corrected chi connectivity index (χ1v) is 7.00. The molecule has 0 radical (unpaired) electrons. The number of nitrogens with zero attached hydrogens (tertiary/aromatic N) is 1. The molecule has 2 unspecified atom stereocenters. The monoisotopic (exact) mass is 263 g/mol. The molecule has 1 saturated carbocycles. The van der Waals surface area contributed by atoms with Gasteiger partial charge in [-0.1, -0.05) is 18.6 Å². The van der Waals surface area contributed by atoms with E-state index in [0.29, 0.717) is 0 Å². The van der Waals surface area contributed by atoms with Crippen LogP contribution >= 0.6 is 0 Å². The molecule has 1 aliphatic carbocycles. The summed E-state index contributed by atoms with van der Waals surface area (Å²) in [6.45, 7) is 3.02. The average molecular weight is 263 g/mol. The third kappa shape index (κ3) is 2.68. The van der Waals surface area contributed by atoms with E-state index in [1.54, 1.807) is 12.1 Å². The largest absolute Gasteiger partial charge is 0.491 e. The van der Waals surface area contributed by atoms with Crippen LogP contribution in [0.2, 0.25) is 0 Å². The van der Waals surface area contributed by atoms with Crippen molar-refractivity contribution in [2.45, 2.75) is 25.8 Å². The molecule has 0 aromatic heterocycles. The van der Waals surface area contributed by atoms with Crippen molar-refractivity contribution in [1.82, 2.24) is 4.90 Å². The summed E-state index contributed by atoms with van der Waals surface area (Å²) in [6.07, 6.45) is 4.04. The fourth-order valence-corrected chi connectivity index (χ4v) is 3.61. The average Bonchev–Trinajstić information content (AvgIpc) is 2.91. The van der Waals surface area contributed by atoms with E-state index in [1.807, 2.05) is 0 Å². The summed E-state index contributed by atoms with van der Waals surface area (Å²) in [4.78, 5) is 2.40. The second-order valence-corrected chi connectivity index (χ2v) is 5.87. The normalized spacial score (nSPS) is 26.7. The van der Waals surface area contributed by atoms with Crippen molar-refractivity contribution >= 4 is 12.6 Å². The van der Waals surface area contributed by atoms with Crippen LogP contribution < -0.4 is 5.46 Å². The molecule has 2 fully saturated rings. The fraction of sp³-hybridized carbons (Fsp3) is 0.571. The van der Waals surface area contributed by atoms with E-state index in [9.17, 15) is 4.39 Å². The highest BCUT2D eigenvalue weighted by atomic mass is 19.1. The predicted molar refractivity (Wildman–Crippen MR) is 72.3 cm³/mol. The lowest BCUT2D eigenvalue weighted by Crippen LogP contribution is -2.33. The molecule has 3 nitrogen and oxygen atoms in total. The molecule has 1 aliphatic heterocycles. The summed E-state index contributed by atoms with van der Waals surface area (Å²) < 4.78 is 13.4. The Morgan fingerprint density at radius 2 is 1.89 bits per heavy atom. The van der Waals surface area contributed by atoms with Crippen LogP contribution in [0.3, 0.4) is 0 Å². The maximum absolute atomic E-state index is 13.4. The van der Waals surface area contributed by atoms with Gasteiger partial charge < -0.3 is 10.0 Å². The summed E-state index contributed by atoms with van der Waals surface area (Å²) in [5.41, 5.74) is 0.918. The van der Waals surface area contributed by atoms with Crippen LogP contribution in [-0.4, -0.2) is 35.2 Å². The first-order chi connectivity index (χ1) is 9.13. The highest BCUT2D eigenvalue weighted by Crippen LogP contribution is 2.38. The topological polar surface area (TPSA) is 43.7 Å². The molecule has 19 heavy (non-hydrogen) atoms. The van der Waals surface area contributed by atoms with Crippen LogP contribution in [0.25, 0.3) is 0 Å². The Labute approximate surface area is 113 Å². The quantitative estimate of drug-likeness (QED) is 0.790. The van der Waals surface area contributed by atoms with Crippen molar-refractivity contribution in [1.29, 1.82) is 0 Å². The molecule has 5 heteroatoms. The van der Waals surface area contributed by atoms with E-state index in [2.05, 4.69) is 4.90 Å². The van der Waals surface area contributed by atoms with Crippen molar-refractivity contribution < 1.29 is 14.4 Å². The summed E-state index contributed by atoms with van der Waals surface area (Å²) in [5, 5.41) is 18.2. The van der Waals surface area contributed by atoms with Gasteiger partial charge in [0.15, 0.2) is 0 Å². The molecule has 1 saturated heterocycles. The van der Waals surface area contributed by atoms with E-state index in [1.165, 1.54) is 25.3 Å². The van der Waals surface area contributed by atoms with Gasteiger partial charge in [0.05, 0.1) is 0 Å². The van der Waals surface area contributed by atoms with Crippen molar-refractivity contribution in [3.8, 4) is 0 Å². The molecule has 1 aromatic carbocycles. The van der Waals surface area contributed by atoms with Gasteiger partial charge in [-0.05, 0) is 36.3 Å². The van der Waals surface area contributed by atoms with Crippen LogP contribution in [0.5, 0.6) is 0 Å². The van der Waals surface area contributed by atoms with E-state index in [-0.39, 0.29) is 5.46 Å². The Kier molecular flexibility index (Phi) is 3.61. The van der Waals surface area contributed by atoms with Gasteiger partial charge in [-0.3, -0.25) is 4.90 Å². The number of halogens is 1. The number of hydrogen-bond acceptors (Lipinski definition) is 3. The SMILES string of the molecule is OB(O)c1cc(CN2CC3CCCC3C2)ccc1F. The number of likely N-dealkylation sites (tertiary alicyclic amines) is 1. The Bertz CT molecular complexity index is 457. The van der Waals surface area contributed by atoms with E-state index >= 15 is 0 Å². The highest BCUT2D eigenvalue weighted by molar-refractivity contribution is 6.58. The number of hydrogen-bond donors (Lipinski definition) is 2. The van der Waals surface area contributed by atoms with Crippen LogP contribution in [0.1, 0.15) is 24.8 Å². The zero-order chi connectivity index (χ0) is 13.4. The molecule has 0 bridgehead atoms. The van der Waals surface area contributed by atoms with E-state index in [4.69, 9.17) is 10.0 Å². The summed E-state index contributed by atoms with van der Waals surface area (Å²) >= 11 is 0. The van der Waals surface area contributed by atoms with Gasteiger partial charge in [0.1, 0.15) is 5.82 Å². The minimum atomic E-state index is -1.74. The van der Waals surface area contributed by atoms with Gasteiger partial charge in [-0.25, -0.2) is 4.39 Å². The smallest absolute Gasteiger partial charge is 0.423 e. The molecule has 1 heterocycles. The molecule has 102 valence electrons. The maximum atomic E-state index is 13.4. The molecule has 1 aromatic rings. The first-order valence-electron chi connectivity index (χ1n) is 7.00. The third-order valence-electron chi connectivity index (χ3n) is 4.55. The van der Waals surface area contributed by atoms with Crippen LogP contribution in [0.15, 0.2) is 18.2 Å². The van der Waals surface area contributed by atoms with Crippen LogP contribution in [-0.2, 0) is 6.54 Å². The molecule has 0 amide bonds. The Balaban J connectivity index is 1.69. The van der Waals surface area contributed by atoms with Gasteiger partial charge in [0, 0.05) is 25.1 Å². The van der Waals surface area contributed by atoms with Crippen molar-refractivity contribution in [3.05, 3.63) is 29.6 Å². The van der Waals surface area contributed by atoms with Crippen molar-refractivity contribution in [2.24, 2.45) is 11.8 Å². The molecular weight excluding hydrogens is 244 g/mol. The lowest BCUT2D eigenvalue weighted by Gasteiger charge is -2.17. The van der Waals surface area contributed by atoms with Gasteiger partial charge in [0.2, 0.25) is 0 Å². The summed E-state index contributed by atoms with van der Waals surface area (Å²) in [6, 6.07) is 4.62. The molecule has 0 spiro atoms. The standard InChI is InChI=1S/C14H19BFNO2/c16-14-5-4-10(6-13(14)15(18)19)7-17-8-11-2-1-3-12(11)9-17/h4-6,11-12,18-19H,1-3,7-9H2. The second kappa shape index (κ2) is 5.23. The molecule has 2 atom stereocenters. The maximum Gasteiger partial charge on any atom is 0.491 e. The van der Waals surface area contributed by atoms with Crippen molar-refractivity contribution in [2.75, 3.05) is 13.1 Å². The Morgan fingerprint density at radius 3 is 2.53 bits per heavy atom. The molecule has 2 N–H and O–H groups in total. The second-order valence-electron chi connectivity index (χ2n) is 5.87. The van der Waals surface area contributed by atoms with Crippen LogP contribution in [0.4, 0.5) is 4.39 Å². The highest BCUT2D eigenvalue weighted by Gasteiger charge is 2.35. The number of benzene rings is 1. The lowest BCUT2D eigenvalue weighted by molar-refractivity contribution is 0.303. The summed E-state index contributed by atoms with van der Waals surface area (Å²) in [5.74, 6) is 1.11.